The highest BCUT2D eigenvalue weighted by atomic mass is 32.2. The van der Waals surface area contributed by atoms with Crippen LogP contribution in [0.25, 0.3) is 0 Å². The lowest BCUT2D eigenvalue weighted by atomic mass is 9.88. The highest BCUT2D eigenvalue weighted by Gasteiger charge is 2.42. The first-order valence-electron chi connectivity index (χ1n) is 7.63. The fourth-order valence-corrected chi connectivity index (χ4v) is 4.60. The molecule has 2 fully saturated rings. The molecule has 3 unspecified atom stereocenters. The molecule has 1 N–H and O–H groups in total. The molecule has 5 heteroatoms. The van der Waals surface area contributed by atoms with Crippen molar-refractivity contribution in [1.82, 2.24) is 0 Å². The second kappa shape index (κ2) is 5.44. The predicted octanol–water partition coefficient (Wildman–Crippen LogP) is 2.85. The van der Waals surface area contributed by atoms with Crippen molar-refractivity contribution in [1.29, 1.82) is 0 Å². The quantitative estimate of drug-likeness (QED) is 0.930. The molecule has 0 heterocycles. The number of rotatable bonds is 4. The van der Waals surface area contributed by atoms with Crippen LogP contribution in [-0.4, -0.2) is 20.1 Å². The van der Waals surface area contributed by atoms with Crippen molar-refractivity contribution in [2.24, 2.45) is 17.8 Å². The Morgan fingerprint density at radius 3 is 2.43 bits per heavy atom. The molecule has 0 spiro atoms. The zero-order chi connectivity index (χ0) is 15.0. The summed E-state index contributed by atoms with van der Waals surface area (Å²) in [5.74, 6) is 1.61. The smallest absolute Gasteiger partial charge is 0.227 e. The number of benzene rings is 1. The van der Waals surface area contributed by atoms with Crippen LogP contribution < -0.4 is 5.32 Å². The van der Waals surface area contributed by atoms with E-state index in [2.05, 4.69) is 5.32 Å². The highest BCUT2D eigenvalue weighted by molar-refractivity contribution is 7.91. The molecule has 1 aromatic carbocycles. The predicted molar refractivity (Wildman–Crippen MR) is 81.7 cm³/mol. The summed E-state index contributed by atoms with van der Waals surface area (Å²) in [6.07, 6.45) is 4.67. The van der Waals surface area contributed by atoms with Crippen molar-refractivity contribution in [2.45, 2.75) is 37.5 Å². The molecular weight excluding hydrogens is 286 g/mol. The van der Waals surface area contributed by atoms with E-state index < -0.39 is 9.84 Å². The molecule has 0 aromatic heterocycles. The largest absolute Gasteiger partial charge is 0.326 e. The van der Waals surface area contributed by atoms with Crippen LogP contribution in [0.3, 0.4) is 0 Å². The van der Waals surface area contributed by atoms with E-state index in [9.17, 15) is 13.2 Å². The summed E-state index contributed by atoms with van der Waals surface area (Å²) in [5, 5.41) is 2.93. The minimum Gasteiger partial charge on any atom is -0.326 e. The lowest BCUT2D eigenvalue weighted by Crippen LogP contribution is -2.27. The summed E-state index contributed by atoms with van der Waals surface area (Å²) in [4.78, 5) is 12.6. The molecule has 114 valence electrons. The Morgan fingerprint density at radius 1 is 1.19 bits per heavy atom. The number of fused-ring (bicyclic) bond motifs is 2. The zero-order valence-electron chi connectivity index (χ0n) is 12.2. The van der Waals surface area contributed by atoms with Crippen LogP contribution in [0.5, 0.6) is 0 Å². The summed E-state index contributed by atoms with van der Waals surface area (Å²) in [7, 11) is -3.18. The van der Waals surface area contributed by atoms with Crippen LogP contribution in [0.1, 0.15) is 32.6 Å². The van der Waals surface area contributed by atoms with E-state index in [1.807, 2.05) is 0 Å². The van der Waals surface area contributed by atoms with Gasteiger partial charge in [0.1, 0.15) is 0 Å². The Bertz CT molecular complexity index is 636. The third-order valence-corrected chi connectivity index (χ3v) is 6.69. The molecule has 3 atom stereocenters. The Balaban J connectivity index is 1.67. The Morgan fingerprint density at radius 2 is 1.90 bits per heavy atom. The lowest BCUT2D eigenvalue weighted by Gasteiger charge is -2.20. The van der Waals surface area contributed by atoms with Crippen LogP contribution in [0, 0.1) is 17.8 Å². The van der Waals surface area contributed by atoms with Gasteiger partial charge in [-0.2, -0.15) is 0 Å². The fraction of sp³-hybridized carbons (Fsp3) is 0.562. The van der Waals surface area contributed by atoms with Gasteiger partial charge in [0, 0.05) is 11.6 Å². The molecule has 2 bridgehead atoms. The maximum Gasteiger partial charge on any atom is 0.227 e. The van der Waals surface area contributed by atoms with Crippen LogP contribution in [0.4, 0.5) is 5.69 Å². The maximum absolute atomic E-state index is 12.3. The van der Waals surface area contributed by atoms with E-state index in [0.29, 0.717) is 16.5 Å². The Kier molecular flexibility index (Phi) is 3.78. The topological polar surface area (TPSA) is 63.2 Å². The number of carbonyl (C=O) groups excluding carboxylic acids is 1. The summed E-state index contributed by atoms with van der Waals surface area (Å²) >= 11 is 0. The molecule has 2 saturated carbocycles. The Labute approximate surface area is 125 Å². The number of carbonyl (C=O) groups is 1. The molecule has 4 nitrogen and oxygen atoms in total. The molecule has 1 amide bonds. The van der Waals surface area contributed by atoms with E-state index in [1.54, 1.807) is 31.2 Å². The van der Waals surface area contributed by atoms with Crippen LogP contribution in [0.2, 0.25) is 0 Å². The third-order valence-electron chi connectivity index (χ3n) is 4.94. The van der Waals surface area contributed by atoms with Gasteiger partial charge in [0.25, 0.3) is 0 Å². The van der Waals surface area contributed by atoms with Crippen LogP contribution in [0.15, 0.2) is 29.2 Å². The molecule has 0 saturated heterocycles. The van der Waals surface area contributed by atoms with Crippen LogP contribution in [-0.2, 0) is 14.6 Å². The van der Waals surface area contributed by atoms with E-state index in [-0.39, 0.29) is 17.6 Å². The van der Waals surface area contributed by atoms with Crippen molar-refractivity contribution < 1.29 is 13.2 Å². The van der Waals surface area contributed by atoms with E-state index in [4.69, 9.17) is 0 Å². The van der Waals surface area contributed by atoms with Crippen molar-refractivity contribution in [3.05, 3.63) is 24.3 Å². The van der Waals surface area contributed by atoms with Gasteiger partial charge in [-0.05, 0) is 55.4 Å². The normalized spacial score (nSPS) is 27.8. The van der Waals surface area contributed by atoms with Crippen molar-refractivity contribution in [3.63, 3.8) is 0 Å². The number of anilines is 1. The first kappa shape index (κ1) is 14.6. The van der Waals surface area contributed by atoms with Crippen molar-refractivity contribution >= 4 is 21.4 Å². The number of hydrogen-bond donors (Lipinski definition) is 1. The second-order valence-electron chi connectivity index (χ2n) is 6.20. The lowest BCUT2D eigenvalue weighted by molar-refractivity contribution is -0.121. The van der Waals surface area contributed by atoms with Gasteiger partial charge in [0.05, 0.1) is 10.6 Å². The number of nitrogens with one attached hydrogen (secondary N) is 1. The van der Waals surface area contributed by atoms with E-state index >= 15 is 0 Å². The number of sulfone groups is 1. The first-order valence-corrected chi connectivity index (χ1v) is 9.28. The monoisotopic (exact) mass is 307 g/mol. The van der Waals surface area contributed by atoms with Gasteiger partial charge in [-0.15, -0.1) is 0 Å². The van der Waals surface area contributed by atoms with Crippen LogP contribution >= 0.6 is 0 Å². The van der Waals surface area contributed by atoms with Gasteiger partial charge in [0.15, 0.2) is 9.84 Å². The average Bonchev–Trinajstić information content (AvgIpc) is 3.10. The fourth-order valence-electron chi connectivity index (χ4n) is 3.71. The molecule has 2 aliphatic rings. The van der Waals surface area contributed by atoms with Gasteiger partial charge < -0.3 is 5.32 Å². The van der Waals surface area contributed by atoms with Crippen molar-refractivity contribution in [3.8, 4) is 0 Å². The zero-order valence-corrected chi connectivity index (χ0v) is 13.0. The summed E-state index contributed by atoms with van der Waals surface area (Å²) in [6, 6.07) is 6.48. The SMILES string of the molecule is CCS(=O)(=O)c1ccc(NC(=O)C2CC3CCC2C3)cc1. The van der Waals surface area contributed by atoms with Crippen molar-refractivity contribution in [2.75, 3.05) is 11.1 Å². The minimum absolute atomic E-state index is 0.0872. The van der Waals surface area contributed by atoms with Gasteiger partial charge >= 0.3 is 0 Å². The van der Waals surface area contributed by atoms with Gasteiger partial charge in [-0.1, -0.05) is 13.3 Å². The third kappa shape index (κ3) is 2.84. The van der Waals surface area contributed by atoms with E-state index in [0.717, 1.165) is 12.3 Å². The van der Waals surface area contributed by atoms with Gasteiger partial charge in [0.2, 0.25) is 5.91 Å². The molecule has 0 aliphatic heterocycles. The molecule has 3 rings (SSSR count). The molecule has 21 heavy (non-hydrogen) atoms. The first-order chi connectivity index (χ1) is 9.99. The minimum atomic E-state index is -3.18. The second-order valence-corrected chi connectivity index (χ2v) is 8.48. The molecule has 1 aromatic rings. The maximum atomic E-state index is 12.3. The Hall–Kier alpha value is -1.36. The summed E-state index contributed by atoms with van der Waals surface area (Å²) in [5.41, 5.74) is 0.679. The van der Waals surface area contributed by atoms with Gasteiger partial charge in [-0.3, -0.25) is 4.79 Å². The number of amides is 1. The number of hydrogen-bond acceptors (Lipinski definition) is 3. The van der Waals surface area contributed by atoms with Gasteiger partial charge in [-0.25, -0.2) is 8.42 Å². The molecular formula is C16H21NO3S. The summed E-state index contributed by atoms with van der Waals surface area (Å²) in [6.45, 7) is 1.63. The molecule has 0 radical (unpaired) electrons. The highest BCUT2D eigenvalue weighted by Crippen LogP contribution is 2.48. The molecule has 2 aliphatic carbocycles. The van der Waals surface area contributed by atoms with E-state index in [1.165, 1.54) is 19.3 Å². The standard InChI is InChI=1S/C16H21NO3S/c1-2-21(19,20)14-7-5-13(6-8-14)17-16(18)15-10-11-3-4-12(15)9-11/h5-8,11-12,15H,2-4,9-10H2,1H3,(H,17,18). The summed E-state index contributed by atoms with van der Waals surface area (Å²) < 4.78 is 23.5. The average molecular weight is 307 g/mol.